The van der Waals surface area contributed by atoms with E-state index in [1.807, 2.05) is 19.1 Å². The number of methoxy groups -OCH3 is 1. The average molecular weight is 292 g/mol. The van der Waals surface area contributed by atoms with Gasteiger partial charge in [-0.2, -0.15) is 0 Å². The minimum absolute atomic E-state index is 0.0927. The number of ketones is 1. The van der Waals surface area contributed by atoms with Crippen molar-refractivity contribution in [1.82, 2.24) is 9.59 Å². The van der Waals surface area contributed by atoms with Crippen LogP contribution in [0.3, 0.4) is 0 Å². The molecular formula is C14H16N2O3S. The Morgan fingerprint density at radius 1 is 1.30 bits per heavy atom. The molecule has 2 aromatic rings. The third kappa shape index (κ3) is 3.20. The molecule has 20 heavy (non-hydrogen) atoms. The molecule has 0 spiro atoms. The van der Waals surface area contributed by atoms with Crippen molar-refractivity contribution in [3.8, 4) is 5.75 Å². The lowest BCUT2D eigenvalue weighted by molar-refractivity contribution is 0.103. The van der Waals surface area contributed by atoms with Gasteiger partial charge in [0.25, 0.3) is 0 Å². The van der Waals surface area contributed by atoms with Crippen molar-refractivity contribution >= 4 is 17.3 Å². The molecule has 1 aromatic heterocycles. The van der Waals surface area contributed by atoms with Crippen LogP contribution in [-0.4, -0.2) is 35.7 Å². The first-order chi connectivity index (χ1) is 9.77. The zero-order valence-corrected chi connectivity index (χ0v) is 12.3. The number of carbonyl (C=O) groups excluding carboxylic acids is 1. The van der Waals surface area contributed by atoms with Gasteiger partial charge < -0.3 is 9.47 Å². The Kier molecular flexibility index (Phi) is 5.20. The maximum atomic E-state index is 12.6. The van der Waals surface area contributed by atoms with E-state index in [0.717, 1.165) is 17.2 Å². The Morgan fingerprint density at radius 3 is 2.85 bits per heavy atom. The van der Waals surface area contributed by atoms with Crippen molar-refractivity contribution in [2.45, 2.75) is 13.3 Å². The highest BCUT2D eigenvalue weighted by molar-refractivity contribution is 7.08. The van der Waals surface area contributed by atoms with Crippen LogP contribution in [0.25, 0.3) is 0 Å². The van der Waals surface area contributed by atoms with Crippen molar-refractivity contribution in [1.29, 1.82) is 0 Å². The molecule has 6 heteroatoms. The first-order valence-electron chi connectivity index (χ1n) is 6.34. The summed E-state index contributed by atoms with van der Waals surface area (Å²) in [4.78, 5) is 13.1. The Bertz CT molecular complexity index is 583. The molecule has 0 radical (unpaired) electrons. The number of para-hydroxylation sites is 1. The maximum Gasteiger partial charge on any atom is 0.210 e. The lowest BCUT2D eigenvalue weighted by Crippen LogP contribution is -2.09. The van der Waals surface area contributed by atoms with Gasteiger partial charge in [-0.25, -0.2) is 0 Å². The van der Waals surface area contributed by atoms with E-state index in [0.29, 0.717) is 35.8 Å². The van der Waals surface area contributed by atoms with Crippen LogP contribution >= 0.6 is 11.5 Å². The molecule has 0 saturated carbocycles. The quantitative estimate of drug-likeness (QED) is 0.579. The molecule has 0 aliphatic rings. The van der Waals surface area contributed by atoms with Crippen LogP contribution < -0.4 is 4.74 Å². The number of hydrogen-bond donors (Lipinski definition) is 0. The van der Waals surface area contributed by atoms with Crippen LogP contribution in [0.15, 0.2) is 24.3 Å². The number of rotatable bonds is 7. The van der Waals surface area contributed by atoms with Gasteiger partial charge in [-0.1, -0.05) is 23.5 Å². The van der Waals surface area contributed by atoms with Gasteiger partial charge in [0.15, 0.2) is 0 Å². The summed E-state index contributed by atoms with van der Waals surface area (Å²) in [6, 6.07) is 7.19. The molecule has 0 aliphatic heterocycles. The van der Waals surface area contributed by atoms with Crippen LogP contribution in [0.2, 0.25) is 0 Å². The Labute approximate surface area is 121 Å². The SMILES string of the molecule is CCc1nnsc1C(=O)c1ccccc1OCCOC. The molecule has 0 unspecified atom stereocenters. The second-order valence-electron chi connectivity index (χ2n) is 4.07. The molecule has 0 N–H and O–H groups in total. The smallest absolute Gasteiger partial charge is 0.210 e. The Morgan fingerprint density at radius 2 is 2.10 bits per heavy atom. The van der Waals surface area contributed by atoms with Crippen LogP contribution in [-0.2, 0) is 11.2 Å². The van der Waals surface area contributed by atoms with Crippen LogP contribution in [0.1, 0.15) is 27.9 Å². The molecule has 106 valence electrons. The van der Waals surface area contributed by atoms with Gasteiger partial charge in [-0.15, -0.1) is 5.10 Å². The monoisotopic (exact) mass is 292 g/mol. The molecule has 1 aromatic carbocycles. The molecule has 0 bridgehead atoms. The van der Waals surface area contributed by atoms with Gasteiger partial charge in [0.1, 0.15) is 17.2 Å². The van der Waals surface area contributed by atoms with Gasteiger partial charge in [0.2, 0.25) is 5.78 Å². The highest BCUT2D eigenvalue weighted by atomic mass is 32.1. The Hall–Kier alpha value is -1.79. The minimum Gasteiger partial charge on any atom is -0.490 e. The summed E-state index contributed by atoms with van der Waals surface area (Å²) in [6.45, 7) is 2.84. The summed E-state index contributed by atoms with van der Waals surface area (Å²) in [5, 5.41) is 3.97. The maximum absolute atomic E-state index is 12.6. The fourth-order valence-electron chi connectivity index (χ4n) is 1.75. The van der Waals surface area contributed by atoms with Crippen LogP contribution in [0.5, 0.6) is 5.75 Å². The van der Waals surface area contributed by atoms with Gasteiger partial charge in [-0.3, -0.25) is 4.79 Å². The molecule has 2 rings (SSSR count). The second kappa shape index (κ2) is 7.12. The fraction of sp³-hybridized carbons (Fsp3) is 0.357. The molecule has 5 nitrogen and oxygen atoms in total. The molecule has 0 fully saturated rings. The number of benzene rings is 1. The number of aromatic nitrogens is 2. The van der Waals surface area contributed by atoms with Crippen molar-refractivity contribution in [2.75, 3.05) is 20.3 Å². The van der Waals surface area contributed by atoms with E-state index in [9.17, 15) is 4.79 Å². The third-order valence-corrected chi connectivity index (χ3v) is 3.54. The number of aryl methyl sites for hydroxylation is 1. The standard InChI is InChI=1S/C14H16N2O3S/c1-3-11-14(20-16-15-11)13(17)10-6-4-5-7-12(10)19-9-8-18-2/h4-7H,3,8-9H2,1-2H3. The summed E-state index contributed by atoms with van der Waals surface area (Å²) in [6.07, 6.45) is 0.685. The number of carbonyl (C=O) groups is 1. The van der Waals surface area contributed by atoms with Crippen molar-refractivity contribution in [2.24, 2.45) is 0 Å². The predicted octanol–water partition coefficient (Wildman–Crippen LogP) is 2.36. The normalized spacial score (nSPS) is 10.5. The van der Waals surface area contributed by atoms with Crippen LogP contribution in [0, 0.1) is 0 Å². The number of ether oxygens (including phenoxy) is 2. The topological polar surface area (TPSA) is 61.3 Å². The van der Waals surface area contributed by atoms with E-state index in [4.69, 9.17) is 9.47 Å². The summed E-state index contributed by atoms with van der Waals surface area (Å²) in [5.41, 5.74) is 1.26. The highest BCUT2D eigenvalue weighted by Crippen LogP contribution is 2.24. The van der Waals surface area contributed by atoms with E-state index in [1.54, 1.807) is 19.2 Å². The molecule has 0 amide bonds. The van der Waals surface area contributed by atoms with E-state index in [-0.39, 0.29) is 5.78 Å². The lowest BCUT2D eigenvalue weighted by Gasteiger charge is -2.09. The van der Waals surface area contributed by atoms with Gasteiger partial charge >= 0.3 is 0 Å². The average Bonchev–Trinajstić information content (AvgIpc) is 2.96. The Balaban J connectivity index is 2.25. The molecule has 1 heterocycles. The number of nitrogens with zero attached hydrogens (tertiary/aromatic N) is 2. The molecule has 0 atom stereocenters. The van der Waals surface area contributed by atoms with Crippen molar-refractivity contribution in [3.63, 3.8) is 0 Å². The zero-order valence-electron chi connectivity index (χ0n) is 11.5. The highest BCUT2D eigenvalue weighted by Gasteiger charge is 2.20. The first kappa shape index (κ1) is 14.6. The van der Waals surface area contributed by atoms with E-state index < -0.39 is 0 Å². The molecule has 0 aliphatic carbocycles. The van der Waals surface area contributed by atoms with Gasteiger partial charge in [0.05, 0.1) is 17.9 Å². The summed E-state index contributed by atoms with van der Waals surface area (Å²) >= 11 is 1.12. The number of hydrogen-bond acceptors (Lipinski definition) is 6. The molecule has 0 saturated heterocycles. The third-order valence-electron chi connectivity index (χ3n) is 2.77. The molecular weight excluding hydrogens is 276 g/mol. The zero-order chi connectivity index (χ0) is 14.4. The van der Waals surface area contributed by atoms with E-state index >= 15 is 0 Å². The predicted molar refractivity (Wildman–Crippen MR) is 76.5 cm³/mol. The van der Waals surface area contributed by atoms with E-state index in [2.05, 4.69) is 9.59 Å². The minimum atomic E-state index is -0.0927. The first-order valence-corrected chi connectivity index (χ1v) is 7.12. The van der Waals surface area contributed by atoms with Crippen LogP contribution in [0.4, 0.5) is 0 Å². The summed E-state index contributed by atoms with van der Waals surface area (Å²) in [7, 11) is 1.61. The van der Waals surface area contributed by atoms with E-state index in [1.165, 1.54) is 0 Å². The van der Waals surface area contributed by atoms with Gasteiger partial charge in [-0.05, 0) is 30.1 Å². The largest absolute Gasteiger partial charge is 0.490 e. The summed E-state index contributed by atoms with van der Waals surface area (Å²) < 4.78 is 14.4. The summed E-state index contributed by atoms with van der Waals surface area (Å²) in [5.74, 6) is 0.467. The second-order valence-corrected chi connectivity index (χ2v) is 4.82. The fourth-order valence-corrected chi connectivity index (χ4v) is 2.45. The van der Waals surface area contributed by atoms with Crippen molar-refractivity contribution < 1.29 is 14.3 Å². The lowest BCUT2D eigenvalue weighted by atomic mass is 10.1. The van der Waals surface area contributed by atoms with Crippen molar-refractivity contribution in [3.05, 3.63) is 40.4 Å². The van der Waals surface area contributed by atoms with Gasteiger partial charge in [0, 0.05) is 7.11 Å².